The molecule has 1 saturated heterocycles. The maximum absolute atomic E-state index is 11.6. The number of benzene rings is 2. The van der Waals surface area contributed by atoms with Gasteiger partial charge in [-0.05, 0) is 41.8 Å². The highest BCUT2D eigenvalue weighted by atomic mass is 32.2. The fourth-order valence-corrected chi connectivity index (χ4v) is 5.13. The van der Waals surface area contributed by atoms with Gasteiger partial charge >= 0.3 is 5.97 Å². The summed E-state index contributed by atoms with van der Waals surface area (Å²) in [6, 6.07) is 12.9. The lowest BCUT2D eigenvalue weighted by atomic mass is 9.94. The third-order valence-electron chi connectivity index (χ3n) is 5.51. The SMILES string of the molecule is CCOc1ccc(Cc2cc([C@@H]3S[C@H](CO)[C@@H](O)[C@H](O)[C@H]3O)ccc2OCC(=O)OC)cc1. The van der Waals surface area contributed by atoms with Gasteiger partial charge in [-0.3, -0.25) is 0 Å². The Bertz CT molecular complexity index is 917. The van der Waals surface area contributed by atoms with Gasteiger partial charge in [0.1, 0.15) is 17.6 Å². The molecule has 0 bridgehead atoms. The van der Waals surface area contributed by atoms with Crippen molar-refractivity contribution in [1.82, 2.24) is 0 Å². The zero-order valence-corrected chi connectivity index (χ0v) is 19.4. The van der Waals surface area contributed by atoms with E-state index in [1.807, 2.05) is 37.3 Å². The van der Waals surface area contributed by atoms with Gasteiger partial charge in [-0.15, -0.1) is 11.8 Å². The number of carbonyl (C=O) groups excluding carboxylic acids is 1. The Morgan fingerprint density at radius 3 is 2.36 bits per heavy atom. The van der Waals surface area contributed by atoms with Crippen LogP contribution in [-0.2, 0) is 16.0 Å². The monoisotopic (exact) mass is 478 g/mol. The van der Waals surface area contributed by atoms with Crippen molar-refractivity contribution in [2.45, 2.75) is 42.2 Å². The lowest BCUT2D eigenvalue weighted by Crippen LogP contribution is -2.51. The van der Waals surface area contributed by atoms with Crippen LogP contribution in [0.25, 0.3) is 0 Å². The van der Waals surface area contributed by atoms with Crippen LogP contribution in [0.1, 0.15) is 28.9 Å². The molecule has 1 fully saturated rings. The van der Waals surface area contributed by atoms with Crippen molar-refractivity contribution in [3.05, 3.63) is 59.2 Å². The van der Waals surface area contributed by atoms with Gasteiger partial charge in [0.15, 0.2) is 6.61 Å². The number of ether oxygens (including phenoxy) is 3. The van der Waals surface area contributed by atoms with E-state index >= 15 is 0 Å². The lowest BCUT2D eigenvalue weighted by molar-refractivity contribution is -0.142. The van der Waals surface area contributed by atoms with E-state index < -0.39 is 34.8 Å². The Hall–Kier alpha value is -2.30. The summed E-state index contributed by atoms with van der Waals surface area (Å²) in [6.45, 7) is 1.92. The van der Waals surface area contributed by atoms with Crippen molar-refractivity contribution in [1.29, 1.82) is 0 Å². The van der Waals surface area contributed by atoms with Gasteiger partial charge in [0.05, 0.1) is 43.0 Å². The standard InChI is InChI=1S/C24H30O8S/c1-3-31-17-7-4-14(5-8-17)10-16-11-15(6-9-18(16)32-13-20(26)30-2)24-23(29)22(28)21(27)19(12-25)33-24/h4-9,11,19,21-25,27-29H,3,10,12-13H2,1-2H3/t19-,21-,22+,23-,24+/m1/s1. The number of esters is 1. The van der Waals surface area contributed by atoms with Gasteiger partial charge < -0.3 is 34.6 Å². The topological polar surface area (TPSA) is 126 Å². The highest BCUT2D eigenvalue weighted by Gasteiger charge is 2.43. The number of methoxy groups -OCH3 is 1. The van der Waals surface area contributed by atoms with Crippen LogP contribution in [-0.4, -0.2) is 76.9 Å². The second-order valence-electron chi connectivity index (χ2n) is 7.74. The average Bonchev–Trinajstić information content (AvgIpc) is 2.83. The summed E-state index contributed by atoms with van der Waals surface area (Å²) in [7, 11) is 1.29. The van der Waals surface area contributed by atoms with E-state index in [4.69, 9.17) is 9.47 Å². The Labute approximate surface area is 197 Å². The minimum absolute atomic E-state index is 0.246. The summed E-state index contributed by atoms with van der Waals surface area (Å²) in [5.41, 5.74) is 2.47. The molecular formula is C24H30O8S. The third-order valence-corrected chi connectivity index (χ3v) is 7.13. The van der Waals surface area contributed by atoms with E-state index in [1.54, 1.807) is 12.1 Å². The summed E-state index contributed by atoms with van der Waals surface area (Å²) in [4.78, 5) is 11.6. The predicted octanol–water partition coefficient (Wildman–Crippen LogP) is 1.46. The van der Waals surface area contributed by atoms with Crippen molar-refractivity contribution >= 4 is 17.7 Å². The Morgan fingerprint density at radius 1 is 1.00 bits per heavy atom. The van der Waals surface area contributed by atoms with Crippen molar-refractivity contribution in [3.8, 4) is 11.5 Å². The van der Waals surface area contributed by atoms with Crippen LogP contribution in [0.15, 0.2) is 42.5 Å². The molecule has 5 atom stereocenters. The van der Waals surface area contributed by atoms with E-state index in [-0.39, 0.29) is 13.2 Å². The fraction of sp³-hybridized carbons (Fsp3) is 0.458. The Morgan fingerprint density at radius 2 is 1.73 bits per heavy atom. The molecule has 3 rings (SSSR count). The largest absolute Gasteiger partial charge is 0.494 e. The van der Waals surface area contributed by atoms with Gasteiger partial charge in [-0.2, -0.15) is 0 Å². The molecule has 1 aliphatic heterocycles. The van der Waals surface area contributed by atoms with E-state index in [0.717, 1.165) is 16.9 Å². The molecule has 2 aromatic carbocycles. The zero-order chi connectivity index (χ0) is 24.0. The van der Waals surface area contributed by atoms with Crippen molar-refractivity contribution in [2.24, 2.45) is 0 Å². The van der Waals surface area contributed by atoms with Crippen LogP contribution in [0.3, 0.4) is 0 Å². The summed E-state index contributed by atoms with van der Waals surface area (Å²) >= 11 is 1.21. The molecule has 4 N–H and O–H groups in total. The van der Waals surface area contributed by atoms with E-state index in [0.29, 0.717) is 24.3 Å². The second kappa shape index (κ2) is 11.7. The van der Waals surface area contributed by atoms with Gasteiger partial charge in [0.25, 0.3) is 0 Å². The number of hydrogen-bond acceptors (Lipinski definition) is 9. The van der Waals surface area contributed by atoms with Crippen LogP contribution in [0.2, 0.25) is 0 Å². The summed E-state index contributed by atoms with van der Waals surface area (Å²) in [6.07, 6.45) is -3.33. The summed E-state index contributed by atoms with van der Waals surface area (Å²) < 4.78 is 15.8. The first-order chi connectivity index (χ1) is 15.9. The summed E-state index contributed by atoms with van der Waals surface area (Å²) in [5, 5.41) is 39.4. The molecule has 0 radical (unpaired) electrons. The van der Waals surface area contributed by atoms with Crippen LogP contribution in [0.4, 0.5) is 0 Å². The molecule has 180 valence electrons. The highest BCUT2D eigenvalue weighted by Crippen LogP contribution is 2.44. The number of hydrogen-bond donors (Lipinski definition) is 4. The van der Waals surface area contributed by atoms with Crippen molar-refractivity contribution < 1.29 is 39.4 Å². The van der Waals surface area contributed by atoms with Gasteiger partial charge in [0, 0.05) is 6.42 Å². The molecule has 1 aliphatic rings. The van der Waals surface area contributed by atoms with Crippen LogP contribution in [0, 0.1) is 0 Å². The molecule has 0 unspecified atom stereocenters. The maximum Gasteiger partial charge on any atom is 0.343 e. The second-order valence-corrected chi connectivity index (χ2v) is 9.12. The number of carbonyl (C=O) groups is 1. The molecule has 0 amide bonds. The molecule has 0 aliphatic carbocycles. The molecular weight excluding hydrogens is 448 g/mol. The smallest absolute Gasteiger partial charge is 0.343 e. The molecule has 0 saturated carbocycles. The normalized spacial score (nSPS) is 24.8. The summed E-state index contributed by atoms with van der Waals surface area (Å²) in [5.74, 6) is 0.751. The van der Waals surface area contributed by atoms with Crippen molar-refractivity contribution in [3.63, 3.8) is 0 Å². The van der Waals surface area contributed by atoms with Gasteiger partial charge in [-0.25, -0.2) is 4.79 Å². The Balaban J connectivity index is 1.90. The molecule has 0 aromatic heterocycles. The quantitative estimate of drug-likeness (QED) is 0.396. The first-order valence-electron chi connectivity index (χ1n) is 10.7. The predicted molar refractivity (Wildman–Crippen MR) is 124 cm³/mol. The first-order valence-corrected chi connectivity index (χ1v) is 11.7. The van der Waals surface area contributed by atoms with Gasteiger partial charge in [0.2, 0.25) is 0 Å². The first kappa shape index (κ1) is 25.3. The maximum atomic E-state index is 11.6. The Kier molecular flexibility index (Phi) is 8.99. The fourth-order valence-electron chi connectivity index (χ4n) is 3.72. The molecule has 2 aromatic rings. The van der Waals surface area contributed by atoms with E-state index in [9.17, 15) is 25.2 Å². The molecule has 8 nitrogen and oxygen atoms in total. The van der Waals surface area contributed by atoms with E-state index in [2.05, 4.69) is 4.74 Å². The highest BCUT2D eigenvalue weighted by molar-refractivity contribution is 8.00. The molecule has 33 heavy (non-hydrogen) atoms. The van der Waals surface area contributed by atoms with Crippen molar-refractivity contribution in [2.75, 3.05) is 26.9 Å². The zero-order valence-electron chi connectivity index (χ0n) is 18.6. The van der Waals surface area contributed by atoms with Crippen LogP contribution < -0.4 is 9.47 Å². The minimum Gasteiger partial charge on any atom is -0.494 e. The van der Waals surface area contributed by atoms with Crippen LogP contribution in [0.5, 0.6) is 11.5 Å². The number of rotatable bonds is 9. The number of aliphatic hydroxyl groups excluding tert-OH is 4. The van der Waals surface area contributed by atoms with Crippen LogP contribution >= 0.6 is 11.8 Å². The molecule has 9 heteroatoms. The number of aliphatic hydroxyl groups is 4. The average molecular weight is 479 g/mol. The van der Waals surface area contributed by atoms with Gasteiger partial charge in [-0.1, -0.05) is 24.3 Å². The minimum atomic E-state index is -1.38. The van der Waals surface area contributed by atoms with E-state index in [1.165, 1.54) is 18.9 Å². The third kappa shape index (κ3) is 6.18. The number of thioether (sulfide) groups is 1. The lowest BCUT2D eigenvalue weighted by Gasteiger charge is -2.39. The molecule has 0 spiro atoms. The molecule has 1 heterocycles.